The summed E-state index contributed by atoms with van der Waals surface area (Å²) in [6.07, 6.45) is -2.25. The molecule has 1 spiro atoms. The molecule has 0 aliphatic carbocycles. The van der Waals surface area contributed by atoms with Crippen LogP contribution in [0.3, 0.4) is 0 Å². The van der Waals surface area contributed by atoms with Crippen molar-refractivity contribution in [3.05, 3.63) is 41.4 Å². The molecule has 2 aliphatic heterocycles. The van der Waals surface area contributed by atoms with Gasteiger partial charge in [-0.05, 0) is 19.9 Å². The number of hydrogen-bond acceptors (Lipinski definition) is 7. The Balaban J connectivity index is 0.000000339. The number of pyridine rings is 1. The van der Waals surface area contributed by atoms with E-state index in [9.17, 15) is 18.0 Å². The van der Waals surface area contributed by atoms with E-state index in [-0.39, 0.29) is 16.8 Å². The minimum Gasteiger partial charge on any atom is -0.475 e. The second-order valence-corrected chi connectivity index (χ2v) is 8.76. The first-order valence-electron chi connectivity index (χ1n) is 9.25. The van der Waals surface area contributed by atoms with E-state index in [1.165, 1.54) is 0 Å². The predicted octanol–water partition coefficient (Wildman–Crippen LogP) is 3.10. The molecule has 1 amide bonds. The lowest BCUT2D eigenvalue weighted by Crippen LogP contribution is -2.61. The van der Waals surface area contributed by atoms with Crippen LogP contribution >= 0.6 is 11.8 Å². The molecule has 4 heterocycles. The number of halogens is 3. The summed E-state index contributed by atoms with van der Waals surface area (Å²) >= 11 is 1.90. The third kappa shape index (κ3) is 5.30. The number of aryl methyl sites for hydroxylation is 2. The molecule has 1 atom stereocenters. The van der Waals surface area contributed by atoms with Gasteiger partial charge in [-0.1, -0.05) is 11.2 Å². The number of amides is 1. The molecular weight excluding hydrogens is 439 g/mol. The fourth-order valence-corrected chi connectivity index (χ4v) is 4.95. The van der Waals surface area contributed by atoms with Gasteiger partial charge in [-0.3, -0.25) is 4.79 Å². The predicted molar refractivity (Wildman–Crippen MR) is 104 cm³/mol. The highest BCUT2D eigenvalue weighted by Gasteiger charge is 2.52. The van der Waals surface area contributed by atoms with Gasteiger partial charge in [0.15, 0.2) is 0 Å². The third-order valence-corrected chi connectivity index (χ3v) is 6.41. The highest BCUT2D eigenvalue weighted by molar-refractivity contribution is 8.01. The molecule has 1 N–H and O–H groups in total. The van der Waals surface area contributed by atoms with Crippen LogP contribution in [0.2, 0.25) is 0 Å². The van der Waals surface area contributed by atoms with Crippen LogP contribution in [-0.4, -0.2) is 67.9 Å². The molecule has 2 aromatic rings. The second-order valence-electron chi connectivity index (χ2n) is 7.27. The molecule has 2 aliphatic rings. The normalized spacial score (nSPS) is 19.4. The van der Waals surface area contributed by atoms with E-state index in [0.717, 1.165) is 25.3 Å². The maximum atomic E-state index is 12.6. The van der Waals surface area contributed by atoms with E-state index in [1.807, 2.05) is 34.9 Å². The van der Waals surface area contributed by atoms with Gasteiger partial charge < -0.3 is 19.3 Å². The van der Waals surface area contributed by atoms with Crippen LogP contribution in [0.15, 0.2) is 28.9 Å². The molecule has 12 heteroatoms. The van der Waals surface area contributed by atoms with Crippen molar-refractivity contribution < 1.29 is 37.1 Å². The smallest absolute Gasteiger partial charge is 0.475 e. The summed E-state index contributed by atoms with van der Waals surface area (Å²) in [7, 11) is 0. The van der Waals surface area contributed by atoms with Crippen molar-refractivity contribution in [2.24, 2.45) is 0 Å². The van der Waals surface area contributed by atoms with Gasteiger partial charge >= 0.3 is 12.1 Å². The van der Waals surface area contributed by atoms with Crippen LogP contribution in [0, 0.1) is 13.8 Å². The molecule has 168 valence electrons. The van der Waals surface area contributed by atoms with E-state index < -0.39 is 12.1 Å². The standard InChI is InChI=1S/C17H19N3O3S.C2HF3O2/c1-11-15(12(2)23-19-11)16(21)20-9-17(10-20)7-13(8-24-17)22-14-5-3-4-6-18-14;3-2(4,5)1(6)7/h3-6,13H,7-10H2,1-2H3;(H,6,7). The van der Waals surface area contributed by atoms with Gasteiger partial charge in [0.1, 0.15) is 17.4 Å². The topological polar surface area (TPSA) is 106 Å². The largest absolute Gasteiger partial charge is 0.490 e. The number of likely N-dealkylation sites (tertiary alicyclic amines) is 1. The van der Waals surface area contributed by atoms with Gasteiger partial charge in [-0.2, -0.15) is 13.2 Å². The van der Waals surface area contributed by atoms with Crippen LogP contribution in [0.4, 0.5) is 13.2 Å². The van der Waals surface area contributed by atoms with Crippen molar-refractivity contribution in [3.8, 4) is 5.88 Å². The number of rotatable bonds is 3. The first-order valence-corrected chi connectivity index (χ1v) is 10.2. The number of nitrogens with zero attached hydrogens (tertiary/aromatic N) is 3. The van der Waals surface area contributed by atoms with Crippen LogP contribution in [0.5, 0.6) is 5.88 Å². The number of ether oxygens (including phenoxy) is 1. The van der Waals surface area contributed by atoms with Gasteiger partial charge in [-0.15, -0.1) is 11.8 Å². The summed E-state index contributed by atoms with van der Waals surface area (Å²) in [5.41, 5.74) is 1.27. The number of carboxylic acid groups (broad SMARTS) is 1. The lowest BCUT2D eigenvalue weighted by molar-refractivity contribution is -0.192. The number of carbonyl (C=O) groups excluding carboxylic acids is 1. The van der Waals surface area contributed by atoms with Gasteiger partial charge in [0, 0.05) is 37.5 Å². The Morgan fingerprint density at radius 3 is 2.52 bits per heavy atom. The van der Waals surface area contributed by atoms with Crippen LogP contribution < -0.4 is 4.74 Å². The SMILES string of the molecule is Cc1noc(C)c1C(=O)N1CC2(CC(Oc3ccccn3)CS2)C1.O=C(O)C(F)(F)F. The molecule has 0 saturated carbocycles. The quantitative estimate of drug-likeness (QED) is 0.747. The first kappa shape index (κ1) is 22.9. The molecule has 2 fully saturated rings. The van der Waals surface area contributed by atoms with Gasteiger partial charge in [-0.25, -0.2) is 9.78 Å². The monoisotopic (exact) mass is 459 g/mol. The molecule has 2 saturated heterocycles. The Morgan fingerprint density at radius 1 is 1.32 bits per heavy atom. The summed E-state index contributed by atoms with van der Waals surface area (Å²) in [5, 5.41) is 11.0. The average Bonchev–Trinajstić information content (AvgIpc) is 3.24. The lowest BCUT2D eigenvalue weighted by atomic mass is 9.92. The number of carbonyl (C=O) groups is 2. The summed E-state index contributed by atoms with van der Waals surface area (Å²) < 4.78 is 42.9. The molecule has 8 nitrogen and oxygen atoms in total. The van der Waals surface area contributed by atoms with Crippen LogP contribution in [-0.2, 0) is 4.79 Å². The highest BCUT2D eigenvalue weighted by atomic mass is 32.2. The number of aliphatic carboxylic acids is 1. The minimum atomic E-state index is -5.08. The van der Waals surface area contributed by atoms with Crippen molar-refractivity contribution in [2.75, 3.05) is 18.8 Å². The second kappa shape index (κ2) is 8.77. The maximum Gasteiger partial charge on any atom is 0.490 e. The number of hydrogen-bond donors (Lipinski definition) is 1. The third-order valence-electron chi connectivity index (χ3n) is 4.84. The fourth-order valence-electron chi connectivity index (χ4n) is 3.43. The van der Waals surface area contributed by atoms with Gasteiger partial charge in [0.05, 0.1) is 10.4 Å². The van der Waals surface area contributed by atoms with E-state index in [1.54, 1.807) is 20.0 Å². The Morgan fingerprint density at radius 2 is 2.00 bits per heavy atom. The Bertz CT molecular complexity index is 926. The Labute approximate surface area is 179 Å². The van der Waals surface area contributed by atoms with E-state index in [4.69, 9.17) is 19.2 Å². The van der Waals surface area contributed by atoms with Crippen molar-refractivity contribution in [2.45, 2.75) is 37.3 Å². The average molecular weight is 459 g/mol. The minimum absolute atomic E-state index is 0.0200. The number of carboxylic acids is 1. The zero-order valence-corrected chi connectivity index (χ0v) is 17.5. The number of aromatic nitrogens is 2. The molecule has 0 aromatic carbocycles. The van der Waals surface area contributed by atoms with Crippen LogP contribution in [0.1, 0.15) is 28.2 Å². The molecule has 0 bridgehead atoms. The number of thioether (sulfide) groups is 1. The summed E-state index contributed by atoms with van der Waals surface area (Å²) in [5.74, 6) is -0.541. The molecule has 31 heavy (non-hydrogen) atoms. The first-order chi connectivity index (χ1) is 14.5. The molecule has 2 aromatic heterocycles. The molecule has 1 unspecified atom stereocenters. The van der Waals surface area contributed by atoms with E-state index in [0.29, 0.717) is 22.9 Å². The lowest BCUT2D eigenvalue weighted by Gasteiger charge is -2.47. The van der Waals surface area contributed by atoms with Gasteiger partial charge in [0.25, 0.3) is 5.91 Å². The molecule has 4 rings (SSSR count). The fraction of sp³-hybridized carbons (Fsp3) is 0.474. The maximum absolute atomic E-state index is 12.6. The highest BCUT2D eigenvalue weighted by Crippen LogP contribution is 2.46. The Hall–Kier alpha value is -2.76. The summed E-state index contributed by atoms with van der Waals surface area (Å²) in [6.45, 7) is 5.09. The zero-order chi connectivity index (χ0) is 22.8. The van der Waals surface area contributed by atoms with Crippen LogP contribution in [0.25, 0.3) is 0 Å². The summed E-state index contributed by atoms with van der Waals surface area (Å²) in [6, 6.07) is 5.68. The van der Waals surface area contributed by atoms with Gasteiger partial charge in [0.2, 0.25) is 5.88 Å². The Kier molecular flexibility index (Phi) is 6.48. The van der Waals surface area contributed by atoms with Crippen molar-refractivity contribution >= 4 is 23.6 Å². The van der Waals surface area contributed by atoms with Crippen molar-refractivity contribution in [1.29, 1.82) is 0 Å². The van der Waals surface area contributed by atoms with E-state index in [2.05, 4.69) is 10.1 Å². The number of alkyl halides is 3. The van der Waals surface area contributed by atoms with Crippen molar-refractivity contribution in [3.63, 3.8) is 0 Å². The zero-order valence-electron chi connectivity index (χ0n) is 16.7. The molecular formula is C19H20F3N3O5S. The summed E-state index contributed by atoms with van der Waals surface area (Å²) in [4.78, 5) is 27.6. The van der Waals surface area contributed by atoms with E-state index >= 15 is 0 Å². The van der Waals surface area contributed by atoms with Crippen molar-refractivity contribution in [1.82, 2.24) is 15.0 Å². The molecule has 0 radical (unpaired) electrons.